The molecule has 0 atom stereocenters. The van der Waals surface area contributed by atoms with Gasteiger partial charge in [-0.25, -0.2) is 9.18 Å². The van der Waals surface area contributed by atoms with E-state index in [1.54, 1.807) is 0 Å². The molecule has 0 aromatic heterocycles. The zero-order chi connectivity index (χ0) is 21.4. The molecule has 0 heterocycles. The Morgan fingerprint density at radius 1 is 0.769 bits per heavy atom. The van der Waals surface area contributed by atoms with Crippen LogP contribution < -0.4 is 0 Å². The van der Waals surface area contributed by atoms with Crippen molar-refractivity contribution in [3.8, 4) is 0 Å². The molecule has 15 heteroatoms. The summed E-state index contributed by atoms with van der Waals surface area (Å²) in [6.07, 6.45) is -6.97. The highest BCUT2D eigenvalue weighted by Crippen LogP contribution is 2.73. The van der Waals surface area contributed by atoms with Gasteiger partial charge in [0.25, 0.3) is 0 Å². The van der Waals surface area contributed by atoms with Crippen LogP contribution in [-0.4, -0.2) is 47.4 Å². The molecule has 0 bridgehead atoms. The van der Waals surface area contributed by atoms with Crippen molar-refractivity contribution in [1.29, 1.82) is 0 Å². The summed E-state index contributed by atoms with van der Waals surface area (Å²) in [5.41, 5.74) is -9.01. The number of esters is 1. The Hall–Kier alpha value is -1.70. The summed E-state index contributed by atoms with van der Waals surface area (Å²) in [5.74, 6) is -40.7. The summed E-state index contributed by atoms with van der Waals surface area (Å²) in [7, 11) is 0. The first-order valence-electron chi connectivity index (χ1n) is 5.92. The smallest absolute Gasteiger partial charge is 0.393 e. The molecule has 0 saturated heterocycles. The predicted molar refractivity (Wildman–Crippen MR) is 54.4 cm³/mol. The number of alkyl halides is 13. The van der Waals surface area contributed by atoms with Crippen LogP contribution in [0.2, 0.25) is 0 Å². The van der Waals surface area contributed by atoms with Gasteiger partial charge in [-0.1, -0.05) is 6.58 Å². The quantitative estimate of drug-likeness (QED) is 0.381. The van der Waals surface area contributed by atoms with Gasteiger partial charge in [0.1, 0.15) is 0 Å². The minimum absolute atomic E-state index is 0.503. The lowest BCUT2D eigenvalue weighted by molar-refractivity contribution is -0.416. The number of carbonyl (C=O) groups is 1. The molecule has 26 heavy (non-hydrogen) atoms. The molecule has 1 fully saturated rings. The lowest BCUT2D eigenvalue weighted by Crippen LogP contribution is -2.71. The maximum Gasteiger partial charge on any atom is 0.470 e. The molecule has 0 unspecified atom stereocenters. The predicted octanol–water partition coefficient (Wildman–Crippen LogP) is 4.60. The molecule has 1 rings (SSSR count). The van der Waals surface area contributed by atoms with E-state index < -0.39 is 52.9 Å². The molecule has 0 aliphatic heterocycles. The third-order valence-electron chi connectivity index (χ3n) is 3.42. The topological polar surface area (TPSA) is 26.3 Å². The largest absolute Gasteiger partial charge is 0.470 e. The molecule has 0 amide bonds. The Balaban J connectivity index is 3.74. The van der Waals surface area contributed by atoms with E-state index in [2.05, 4.69) is 11.3 Å². The van der Waals surface area contributed by atoms with Gasteiger partial charge >= 0.3 is 47.4 Å². The van der Waals surface area contributed by atoms with E-state index in [1.165, 1.54) is 0 Å². The molecule has 0 radical (unpaired) electrons. The van der Waals surface area contributed by atoms with Crippen LogP contribution in [0.25, 0.3) is 0 Å². The fourth-order valence-electron chi connectivity index (χ4n) is 1.89. The first-order chi connectivity index (χ1) is 11.1. The van der Waals surface area contributed by atoms with Crippen LogP contribution in [0.3, 0.4) is 0 Å². The van der Waals surface area contributed by atoms with Gasteiger partial charge in [0.15, 0.2) is 0 Å². The summed E-state index contributed by atoms with van der Waals surface area (Å²) in [5, 5.41) is 0. The second-order valence-electron chi connectivity index (χ2n) is 5.22. The molecule has 1 aliphatic rings. The number of ether oxygens (including phenoxy) is 1. The van der Waals surface area contributed by atoms with Gasteiger partial charge in [-0.15, -0.1) is 0 Å². The third-order valence-corrected chi connectivity index (χ3v) is 3.42. The molecule has 1 saturated carbocycles. The van der Waals surface area contributed by atoms with E-state index in [9.17, 15) is 61.9 Å². The molecule has 1 aliphatic carbocycles. The first-order valence-corrected chi connectivity index (χ1v) is 5.92. The fraction of sp³-hybridized carbons (Fsp3) is 0.727. The molecule has 0 N–H and O–H groups in total. The number of rotatable bonds is 4. The summed E-state index contributed by atoms with van der Waals surface area (Å²) in [6.45, 7) is 3.06. The molecular formula is C11H5F13O2. The average molecular weight is 416 g/mol. The van der Waals surface area contributed by atoms with Gasteiger partial charge in [-0.2, -0.15) is 52.7 Å². The Kier molecular flexibility index (Phi) is 4.45. The van der Waals surface area contributed by atoms with Gasteiger partial charge in [-0.05, 0) is 6.92 Å². The van der Waals surface area contributed by atoms with Crippen LogP contribution in [0, 0.1) is 0 Å². The van der Waals surface area contributed by atoms with E-state index in [0.29, 0.717) is 6.92 Å². The third kappa shape index (κ3) is 2.05. The lowest BCUT2D eigenvalue weighted by Gasteiger charge is -2.39. The van der Waals surface area contributed by atoms with E-state index in [4.69, 9.17) is 0 Å². The van der Waals surface area contributed by atoms with Gasteiger partial charge in [0, 0.05) is 5.57 Å². The van der Waals surface area contributed by atoms with Gasteiger partial charge < -0.3 is 4.74 Å². The highest BCUT2D eigenvalue weighted by atomic mass is 19.4. The van der Waals surface area contributed by atoms with Gasteiger partial charge in [0.2, 0.25) is 0 Å². The van der Waals surface area contributed by atoms with Crippen LogP contribution >= 0.6 is 0 Å². The summed E-state index contributed by atoms with van der Waals surface area (Å²) >= 11 is 0. The number of hydrogen-bond donors (Lipinski definition) is 0. The monoisotopic (exact) mass is 416 g/mol. The van der Waals surface area contributed by atoms with Gasteiger partial charge in [-0.3, -0.25) is 0 Å². The maximum absolute atomic E-state index is 13.9. The average Bonchev–Trinajstić information content (AvgIpc) is 2.48. The first kappa shape index (κ1) is 22.3. The van der Waals surface area contributed by atoms with Crippen LogP contribution in [0.5, 0.6) is 0 Å². The highest BCUT2D eigenvalue weighted by molar-refractivity contribution is 5.87. The normalized spacial score (nSPS) is 25.6. The summed E-state index contributed by atoms with van der Waals surface area (Å²) < 4.78 is 174. The summed E-state index contributed by atoms with van der Waals surface area (Å²) in [4.78, 5) is 10.8. The molecule has 152 valence electrons. The van der Waals surface area contributed by atoms with E-state index in [1.807, 2.05) is 0 Å². The van der Waals surface area contributed by atoms with Crippen LogP contribution in [0.4, 0.5) is 57.1 Å². The number of carbonyl (C=O) groups excluding carboxylic acids is 1. The van der Waals surface area contributed by atoms with E-state index >= 15 is 0 Å². The Morgan fingerprint density at radius 3 is 1.35 bits per heavy atom. The molecule has 2 nitrogen and oxygen atoms in total. The standard InChI is InChI=1S/C11H5F13O2/c1-3(2)4(25)26-11(23,24)8(17,18)5(12)6(13,14)9(19,20)10(21,22)7(5,15)16/h1H2,2H3. The van der Waals surface area contributed by atoms with Crippen molar-refractivity contribution < 1.29 is 66.6 Å². The molecule has 0 spiro atoms. The van der Waals surface area contributed by atoms with Crippen molar-refractivity contribution in [2.24, 2.45) is 0 Å². The van der Waals surface area contributed by atoms with E-state index in [-0.39, 0.29) is 0 Å². The SMILES string of the molecule is C=C(C)C(=O)OC(F)(F)C(F)(F)C1(F)C(F)(F)C(F)(F)C(F)(F)C1(F)F. The van der Waals surface area contributed by atoms with Crippen molar-refractivity contribution in [3.63, 3.8) is 0 Å². The second kappa shape index (κ2) is 5.18. The Morgan fingerprint density at radius 2 is 1.08 bits per heavy atom. The van der Waals surface area contributed by atoms with Crippen molar-refractivity contribution in [1.82, 2.24) is 0 Å². The van der Waals surface area contributed by atoms with Crippen LogP contribution in [0.15, 0.2) is 12.2 Å². The number of halogens is 13. The lowest BCUT2D eigenvalue weighted by atomic mass is 9.88. The maximum atomic E-state index is 13.9. The van der Waals surface area contributed by atoms with Crippen LogP contribution in [-0.2, 0) is 9.53 Å². The van der Waals surface area contributed by atoms with Crippen molar-refractivity contribution >= 4 is 5.97 Å². The van der Waals surface area contributed by atoms with E-state index in [0.717, 1.165) is 0 Å². The van der Waals surface area contributed by atoms with Crippen molar-refractivity contribution in [2.75, 3.05) is 0 Å². The molecule has 0 aromatic carbocycles. The minimum atomic E-state index is -7.85. The zero-order valence-corrected chi connectivity index (χ0v) is 11.9. The molecule has 0 aromatic rings. The fourth-order valence-corrected chi connectivity index (χ4v) is 1.89. The Labute approximate surface area is 134 Å². The van der Waals surface area contributed by atoms with Crippen molar-refractivity contribution in [3.05, 3.63) is 12.2 Å². The molecular weight excluding hydrogens is 411 g/mol. The summed E-state index contributed by atoms with van der Waals surface area (Å²) in [6, 6.07) is 0. The second-order valence-corrected chi connectivity index (χ2v) is 5.22. The highest BCUT2D eigenvalue weighted by Gasteiger charge is 3.07. The number of hydrogen-bond acceptors (Lipinski definition) is 2. The zero-order valence-electron chi connectivity index (χ0n) is 11.9. The Bertz CT molecular complexity index is 610. The van der Waals surface area contributed by atoms with Gasteiger partial charge in [0.05, 0.1) is 0 Å². The minimum Gasteiger partial charge on any atom is -0.393 e. The van der Waals surface area contributed by atoms with Crippen molar-refractivity contribution in [2.45, 2.75) is 48.3 Å². The van der Waals surface area contributed by atoms with Crippen LogP contribution in [0.1, 0.15) is 6.92 Å².